The van der Waals surface area contributed by atoms with E-state index in [-0.39, 0.29) is 11.0 Å². The molecule has 0 aliphatic carbocycles. The molecule has 0 spiro atoms. The van der Waals surface area contributed by atoms with E-state index >= 15 is 0 Å². The van der Waals surface area contributed by atoms with Crippen LogP contribution in [0.1, 0.15) is 21.5 Å². The lowest BCUT2D eigenvalue weighted by molar-refractivity contribution is -0.143. The SMILES string of the molecule is O=Cc1ccc(Sc2cc(C(F)(F)F)cc(C(F)(F)F)c2)cc1. The van der Waals surface area contributed by atoms with E-state index in [9.17, 15) is 31.1 Å². The van der Waals surface area contributed by atoms with Crippen LogP contribution in [0.2, 0.25) is 0 Å². The van der Waals surface area contributed by atoms with E-state index in [4.69, 9.17) is 0 Å². The van der Waals surface area contributed by atoms with Gasteiger partial charge in [0.2, 0.25) is 0 Å². The summed E-state index contributed by atoms with van der Waals surface area (Å²) in [5.41, 5.74) is -2.37. The Labute approximate surface area is 131 Å². The number of aldehydes is 1. The maximum absolute atomic E-state index is 12.8. The van der Waals surface area contributed by atoms with Crippen molar-refractivity contribution in [2.24, 2.45) is 0 Å². The number of rotatable bonds is 3. The maximum Gasteiger partial charge on any atom is 0.416 e. The van der Waals surface area contributed by atoms with Crippen molar-refractivity contribution in [2.45, 2.75) is 22.1 Å². The molecule has 2 aromatic carbocycles. The predicted molar refractivity (Wildman–Crippen MR) is 72.4 cm³/mol. The van der Waals surface area contributed by atoms with Crippen molar-refractivity contribution in [1.82, 2.24) is 0 Å². The first-order valence-electron chi connectivity index (χ1n) is 6.12. The minimum Gasteiger partial charge on any atom is -0.298 e. The Hall–Kier alpha value is -1.96. The first kappa shape index (κ1) is 17.4. The van der Waals surface area contributed by atoms with Gasteiger partial charge in [0.1, 0.15) is 6.29 Å². The highest BCUT2D eigenvalue weighted by molar-refractivity contribution is 7.99. The number of carbonyl (C=O) groups is 1. The Bertz CT molecular complexity index is 671. The average molecular weight is 350 g/mol. The Kier molecular flexibility index (Phi) is 4.74. The van der Waals surface area contributed by atoms with Gasteiger partial charge >= 0.3 is 12.4 Å². The van der Waals surface area contributed by atoms with E-state index in [1.165, 1.54) is 24.3 Å². The second kappa shape index (κ2) is 6.27. The zero-order chi connectivity index (χ0) is 17.3. The lowest BCUT2D eigenvalue weighted by Gasteiger charge is -2.14. The van der Waals surface area contributed by atoms with Crippen LogP contribution in [-0.2, 0) is 12.4 Å². The second-order valence-electron chi connectivity index (χ2n) is 4.53. The van der Waals surface area contributed by atoms with Gasteiger partial charge in [-0.05, 0) is 30.3 Å². The Morgan fingerprint density at radius 2 is 1.22 bits per heavy atom. The first-order valence-corrected chi connectivity index (χ1v) is 6.94. The zero-order valence-corrected chi connectivity index (χ0v) is 12.0. The molecule has 0 fully saturated rings. The highest BCUT2D eigenvalue weighted by Gasteiger charge is 2.36. The average Bonchev–Trinajstić information content (AvgIpc) is 2.46. The monoisotopic (exact) mass is 350 g/mol. The van der Waals surface area contributed by atoms with Crippen molar-refractivity contribution in [2.75, 3.05) is 0 Å². The fourth-order valence-corrected chi connectivity index (χ4v) is 2.65. The number of alkyl halides is 6. The molecule has 1 nitrogen and oxygen atoms in total. The molecular formula is C15H8F6OS. The highest BCUT2D eigenvalue weighted by Crippen LogP contribution is 2.39. The van der Waals surface area contributed by atoms with Crippen molar-refractivity contribution in [3.05, 3.63) is 59.2 Å². The van der Waals surface area contributed by atoms with Crippen LogP contribution < -0.4 is 0 Å². The minimum atomic E-state index is -4.88. The van der Waals surface area contributed by atoms with Gasteiger partial charge in [0.05, 0.1) is 11.1 Å². The molecule has 23 heavy (non-hydrogen) atoms. The molecule has 0 bridgehead atoms. The lowest BCUT2D eigenvalue weighted by Crippen LogP contribution is -2.10. The Morgan fingerprint density at radius 3 is 1.61 bits per heavy atom. The third kappa shape index (κ3) is 4.51. The summed E-state index contributed by atoms with van der Waals surface area (Å²) in [5, 5.41) is 0. The number of halogens is 6. The van der Waals surface area contributed by atoms with Gasteiger partial charge in [0.15, 0.2) is 0 Å². The van der Waals surface area contributed by atoms with Crippen molar-refractivity contribution >= 4 is 18.0 Å². The molecule has 0 aliphatic heterocycles. The number of carbonyl (C=O) groups excluding carboxylic acids is 1. The third-order valence-corrected chi connectivity index (χ3v) is 3.79. The molecule has 0 radical (unpaired) electrons. The van der Waals surface area contributed by atoms with E-state index < -0.39 is 23.5 Å². The van der Waals surface area contributed by atoms with Crippen molar-refractivity contribution in [3.8, 4) is 0 Å². The van der Waals surface area contributed by atoms with Crippen LogP contribution in [0.5, 0.6) is 0 Å². The van der Waals surface area contributed by atoms with E-state index in [0.717, 1.165) is 11.8 Å². The van der Waals surface area contributed by atoms with Gasteiger partial charge in [-0.1, -0.05) is 23.9 Å². The van der Waals surface area contributed by atoms with Crippen LogP contribution in [0.15, 0.2) is 52.3 Å². The van der Waals surface area contributed by atoms with Gasteiger partial charge in [0.25, 0.3) is 0 Å². The molecule has 0 N–H and O–H groups in total. The van der Waals surface area contributed by atoms with Crippen LogP contribution in [0, 0.1) is 0 Å². The molecule has 0 unspecified atom stereocenters. The molecule has 0 saturated carbocycles. The van der Waals surface area contributed by atoms with E-state index in [2.05, 4.69) is 0 Å². The standard InChI is InChI=1S/C15H8F6OS/c16-14(17,18)10-5-11(15(19,20)21)7-13(6-10)23-12-3-1-9(8-22)2-4-12/h1-8H. The van der Waals surface area contributed by atoms with Crippen molar-refractivity contribution < 1.29 is 31.1 Å². The van der Waals surface area contributed by atoms with Crippen LogP contribution in [-0.4, -0.2) is 6.29 Å². The molecule has 0 aromatic heterocycles. The summed E-state index contributed by atoms with van der Waals surface area (Å²) in [6.07, 6.45) is -9.17. The lowest BCUT2D eigenvalue weighted by atomic mass is 10.1. The van der Waals surface area contributed by atoms with Crippen LogP contribution in [0.25, 0.3) is 0 Å². The number of benzene rings is 2. The molecule has 0 heterocycles. The van der Waals surface area contributed by atoms with E-state index in [0.29, 0.717) is 28.9 Å². The molecule has 0 saturated heterocycles. The molecule has 8 heteroatoms. The zero-order valence-electron chi connectivity index (χ0n) is 11.2. The summed E-state index contributed by atoms with van der Waals surface area (Å²) >= 11 is 0.751. The molecule has 0 amide bonds. The normalized spacial score (nSPS) is 12.3. The highest BCUT2D eigenvalue weighted by atomic mass is 32.2. The number of hydrogen-bond acceptors (Lipinski definition) is 2. The Morgan fingerprint density at radius 1 is 0.739 bits per heavy atom. The summed E-state index contributed by atoms with van der Waals surface area (Å²) in [6, 6.07) is 7.14. The Balaban J connectivity index is 2.42. The fourth-order valence-electron chi connectivity index (χ4n) is 1.74. The topological polar surface area (TPSA) is 17.1 Å². The van der Waals surface area contributed by atoms with Gasteiger partial charge in [-0.15, -0.1) is 0 Å². The smallest absolute Gasteiger partial charge is 0.298 e. The van der Waals surface area contributed by atoms with Gasteiger partial charge in [-0.3, -0.25) is 4.79 Å². The maximum atomic E-state index is 12.8. The summed E-state index contributed by atoms with van der Waals surface area (Å²) in [4.78, 5) is 10.8. The molecule has 2 rings (SSSR count). The van der Waals surface area contributed by atoms with E-state index in [1.54, 1.807) is 0 Å². The minimum absolute atomic E-state index is 0.0829. The molecular weight excluding hydrogens is 342 g/mol. The quantitative estimate of drug-likeness (QED) is 0.523. The molecule has 0 aliphatic rings. The van der Waals surface area contributed by atoms with Crippen LogP contribution >= 0.6 is 11.8 Å². The van der Waals surface area contributed by atoms with Gasteiger partial charge in [-0.2, -0.15) is 26.3 Å². The van der Waals surface area contributed by atoms with E-state index in [1.807, 2.05) is 0 Å². The van der Waals surface area contributed by atoms with Gasteiger partial charge in [0, 0.05) is 15.4 Å². The molecule has 0 atom stereocenters. The largest absolute Gasteiger partial charge is 0.416 e. The summed E-state index contributed by atoms with van der Waals surface area (Å²) in [5.74, 6) is 0. The van der Waals surface area contributed by atoms with Gasteiger partial charge < -0.3 is 0 Å². The van der Waals surface area contributed by atoms with Crippen LogP contribution in [0.3, 0.4) is 0 Å². The summed E-state index contributed by atoms with van der Waals surface area (Å²) < 4.78 is 76.5. The molecule has 122 valence electrons. The molecule has 2 aromatic rings. The van der Waals surface area contributed by atoms with Crippen molar-refractivity contribution in [3.63, 3.8) is 0 Å². The first-order chi connectivity index (χ1) is 10.6. The van der Waals surface area contributed by atoms with Crippen molar-refractivity contribution in [1.29, 1.82) is 0 Å². The summed E-state index contributed by atoms with van der Waals surface area (Å²) in [6.45, 7) is 0. The number of hydrogen-bond donors (Lipinski definition) is 0. The summed E-state index contributed by atoms with van der Waals surface area (Å²) in [7, 11) is 0. The predicted octanol–water partition coefficient (Wildman–Crippen LogP) is 5.69. The fraction of sp³-hybridized carbons (Fsp3) is 0.133. The van der Waals surface area contributed by atoms with Crippen LogP contribution in [0.4, 0.5) is 26.3 Å². The third-order valence-electron chi connectivity index (χ3n) is 2.81. The van der Waals surface area contributed by atoms with Gasteiger partial charge in [-0.25, -0.2) is 0 Å². The second-order valence-corrected chi connectivity index (χ2v) is 5.68.